The maximum Gasteiger partial charge on any atom is 0.225 e. The fourth-order valence-electron chi connectivity index (χ4n) is 3.03. The predicted molar refractivity (Wildman–Crippen MR) is 77.9 cm³/mol. The van der Waals surface area contributed by atoms with E-state index in [0.29, 0.717) is 24.4 Å². The minimum atomic E-state index is 0.255. The van der Waals surface area contributed by atoms with Gasteiger partial charge in [-0.1, -0.05) is 20.8 Å². The number of hydrogen-bond acceptors (Lipinski definition) is 1. The highest BCUT2D eigenvalue weighted by molar-refractivity contribution is 6.18. The molecule has 1 aliphatic rings. The van der Waals surface area contributed by atoms with Gasteiger partial charge in [-0.2, -0.15) is 0 Å². The van der Waals surface area contributed by atoms with Gasteiger partial charge in [0.25, 0.3) is 0 Å². The topological polar surface area (TPSA) is 20.3 Å². The van der Waals surface area contributed by atoms with Crippen LogP contribution in [0.2, 0.25) is 0 Å². The number of hydrogen-bond donors (Lipinski definition) is 0. The van der Waals surface area contributed by atoms with Gasteiger partial charge >= 0.3 is 0 Å². The molecule has 0 aromatic rings. The van der Waals surface area contributed by atoms with Crippen LogP contribution < -0.4 is 0 Å². The standard InChI is InChI=1S/C15H28ClNO/c1-4-14(5-2)17(11-10-16)15(18)13-8-6-12(3)7-9-13/h12-14H,4-11H2,1-3H3. The Bertz CT molecular complexity index is 245. The zero-order chi connectivity index (χ0) is 13.5. The molecule has 0 unspecified atom stereocenters. The van der Waals surface area contributed by atoms with Crippen LogP contribution in [0.15, 0.2) is 0 Å². The van der Waals surface area contributed by atoms with Crippen LogP contribution >= 0.6 is 11.6 Å². The molecule has 0 aromatic carbocycles. The Labute approximate surface area is 117 Å². The molecule has 0 N–H and O–H groups in total. The number of amides is 1. The van der Waals surface area contributed by atoms with E-state index in [1.807, 2.05) is 4.90 Å². The van der Waals surface area contributed by atoms with E-state index in [4.69, 9.17) is 11.6 Å². The second-order valence-corrected chi connectivity index (χ2v) is 6.03. The van der Waals surface area contributed by atoms with Crippen molar-refractivity contribution in [3.63, 3.8) is 0 Å². The van der Waals surface area contributed by atoms with Crippen molar-refractivity contribution in [1.29, 1.82) is 0 Å². The summed E-state index contributed by atoms with van der Waals surface area (Å²) in [7, 11) is 0. The molecule has 106 valence electrons. The van der Waals surface area contributed by atoms with Gasteiger partial charge in [0.05, 0.1) is 0 Å². The van der Waals surface area contributed by atoms with E-state index < -0.39 is 0 Å². The quantitative estimate of drug-likeness (QED) is 0.668. The second-order valence-electron chi connectivity index (χ2n) is 5.65. The van der Waals surface area contributed by atoms with E-state index in [2.05, 4.69) is 20.8 Å². The molecule has 1 amide bonds. The van der Waals surface area contributed by atoms with Crippen molar-refractivity contribution in [3.8, 4) is 0 Å². The van der Waals surface area contributed by atoms with Gasteiger partial charge < -0.3 is 4.90 Å². The molecule has 0 aliphatic heterocycles. The summed E-state index contributed by atoms with van der Waals surface area (Å²) in [6.07, 6.45) is 6.60. The molecule has 0 bridgehead atoms. The molecule has 1 aliphatic carbocycles. The van der Waals surface area contributed by atoms with E-state index in [-0.39, 0.29) is 5.92 Å². The summed E-state index contributed by atoms with van der Waals surface area (Å²) >= 11 is 5.87. The fraction of sp³-hybridized carbons (Fsp3) is 0.933. The first-order valence-electron chi connectivity index (χ1n) is 7.50. The Morgan fingerprint density at radius 2 is 1.78 bits per heavy atom. The largest absolute Gasteiger partial charge is 0.338 e. The molecule has 0 heterocycles. The van der Waals surface area contributed by atoms with Crippen molar-refractivity contribution in [2.45, 2.75) is 65.3 Å². The normalized spacial score (nSPS) is 24.3. The first-order valence-corrected chi connectivity index (χ1v) is 8.03. The highest BCUT2D eigenvalue weighted by atomic mass is 35.5. The average molecular weight is 274 g/mol. The number of nitrogens with zero attached hydrogens (tertiary/aromatic N) is 1. The van der Waals surface area contributed by atoms with Crippen LogP contribution in [0.4, 0.5) is 0 Å². The van der Waals surface area contributed by atoms with Gasteiger partial charge in [-0.05, 0) is 44.4 Å². The first kappa shape index (κ1) is 15.8. The summed E-state index contributed by atoms with van der Waals surface area (Å²) in [5.41, 5.74) is 0. The summed E-state index contributed by atoms with van der Waals surface area (Å²) in [6, 6.07) is 0.371. The first-order chi connectivity index (χ1) is 8.63. The minimum Gasteiger partial charge on any atom is -0.338 e. The maximum atomic E-state index is 12.6. The van der Waals surface area contributed by atoms with Gasteiger partial charge in [0.15, 0.2) is 0 Å². The number of rotatable bonds is 6. The zero-order valence-electron chi connectivity index (χ0n) is 12.1. The predicted octanol–water partition coefficient (Wildman–Crippen LogP) is 4.07. The van der Waals surface area contributed by atoms with Crippen LogP contribution in [-0.4, -0.2) is 29.3 Å². The van der Waals surface area contributed by atoms with Crippen molar-refractivity contribution < 1.29 is 4.79 Å². The summed E-state index contributed by atoms with van der Waals surface area (Å²) in [6.45, 7) is 7.31. The molecule has 1 rings (SSSR count). The molecule has 3 heteroatoms. The summed E-state index contributed by atoms with van der Waals surface area (Å²) in [5, 5.41) is 0. The number of carbonyl (C=O) groups is 1. The lowest BCUT2D eigenvalue weighted by Gasteiger charge is -2.35. The van der Waals surface area contributed by atoms with Crippen molar-refractivity contribution in [2.75, 3.05) is 12.4 Å². The molecule has 1 saturated carbocycles. The van der Waals surface area contributed by atoms with Crippen LogP contribution in [0.1, 0.15) is 59.3 Å². The molecular weight excluding hydrogens is 246 g/mol. The van der Waals surface area contributed by atoms with Gasteiger partial charge in [0.2, 0.25) is 5.91 Å². The van der Waals surface area contributed by atoms with Crippen LogP contribution in [0.5, 0.6) is 0 Å². The third kappa shape index (κ3) is 4.15. The Kier molecular flexibility index (Phi) is 7.06. The van der Waals surface area contributed by atoms with E-state index >= 15 is 0 Å². The minimum absolute atomic E-state index is 0.255. The highest BCUT2D eigenvalue weighted by Crippen LogP contribution is 2.30. The van der Waals surface area contributed by atoms with E-state index in [0.717, 1.165) is 31.6 Å². The SMILES string of the molecule is CCC(CC)N(CCCl)C(=O)C1CCC(C)CC1. The molecule has 0 radical (unpaired) electrons. The number of alkyl halides is 1. The lowest BCUT2D eigenvalue weighted by Crippen LogP contribution is -2.45. The number of carbonyl (C=O) groups excluding carboxylic acids is 1. The Hall–Kier alpha value is -0.240. The van der Waals surface area contributed by atoms with E-state index in [1.54, 1.807) is 0 Å². The van der Waals surface area contributed by atoms with Crippen LogP contribution in [0.3, 0.4) is 0 Å². The summed E-state index contributed by atoms with van der Waals surface area (Å²) < 4.78 is 0. The van der Waals surface area contributed by atoms with Crippen molar-refractivity contribution in [3.05, 3.63) is 0 Å². The monoisotopic (exact) mass is 273 g/mol. The molecule has 2 nitrogen and oxygen atoms in total. The molecule has 0 saturated heterocycles. The lowest BCUT2D eigenvalue weighted by atomic mass is 9.82. The van der Waals surface area contributed by atoms with Crippen LogP contribution in [0.25, 0.3) is 0 Å². The van der Waals surface area contributed by atoms with Crippen molar-refractivity contribution in [2.24, 2.45) is 11.8 Å². The molecule has 18 heavy (non-hydrogen) atoms. The van der Waals surface area contributed by atoms with E-state index in [9.17, 15) is 4.79 Å². The van der Waals surface area contributed by atoms with Crippen molar-refractivity contribution >= 4 is 17.5 Å². The van der Waals surface area contributed by atoms with Crippen molar-refractivity contribution in [1.82, 2.24) is 4.90 Å². The van der Waals surface area contributed by atoms with Crippen LogP contribution in [-0.2, 0) is 4.79 Å². The summed E-state index contributed by atoms with van der Waals surface area (Å²) in [5.74, 6) is 1.95. The van der Waals surface area contributed by atoms with Crippen LogP contribution in [0, 0.1) is 11.8 Å². The van der Waals surface area contributed by atoms with Gasteiger partial charge in [0.1, 0.15) is 0 Å². The van der Waals surface area contributed by atoms with E-state index in [1.165, 1.54) is 12.8 Å². The van der Waals surface area contributed by atoms with Gasteiger partial charge in [-0.15, -0.1) is 11.6 Å². The lowest BCUT2D eigenvalue weighted by molar-refractivity contribution is -0.139. The maximum absolute atomic E-state index is 12.6. The van der Waals surface area contributed by atoms with Gasteiger partial charge in [-0.3, -0.25) is 4.79 Å². The molecule has 0 atom stereocenters. The Morgan fingerprint density at radius 1 is 1.22 bits per heavy atom. The average Bonchev–Trinajstić information content (AvgIpc) is 2.39. The van der Waals surface area contributed by atoms with Gasteiger partial charge in [0, 0.05) is 24.4 Å². The third-order valence-electron chi connectivity index (χ3n) is 4.36. The fourth-order valence-corrected chi connectivity index (χ4v) is 3.22. The zero-order valence-corrected chi connectivity index (χ0v) is 12.9. The smallest absolute Gasteiger partial charge is 0.225 e. The second kappa shape index (κ2) is 8.04. The molecular formula is C15H28ClNO. The Morgan fingerprint density at radius 3 is 2.22 bits per heavy atom. The highest BCUT2D eigenvalue weighted by Gasteiger charge is 2.30. The molecule has 0 spiro atoms. The molecule has 0 aromatic heterocycles. The Balaban J connectivity index is 2.63. The molecule has 1 fully saturated rings. The number of halogens is 1. The van der Waals surface area contributed by atoms with Gasteiger partial charge in [-0.25, -0.2) is 0 Å². The third-order valence-corrected chi connectivity index (χ3v) is 4.53. The summed E-state index contributed by atoms with van der Waals surface area (Å²) in [4.78, 5) is 14.7.